The molecule has 4 rings (SSSR count). The number of aliphatic hydroxyl groups excluding tert-OH is 1. The number of carbonyl (C=O) groups is 6. The Morgan fingerprint density at radius 2 is 1.47 bits per heavy atom. The Labute approximate surface area is 282 Å². The number of carbonyl (C=O) groups excluding carboxylic acids is 4. The molecule has 0 unspecified atom stereocenters. The van der Waals surface area contributed by atoms with Crippen LogP contribution in [0.1, 0.15) is 43.2 Å². The van der Waals surface area contributed by atoms with E-state index in [0.717, 1.165) is 9.80 Å². The predicted molar refractivity (Wildman–Crippen MR) is 170 cm³/mol. The quantitative estimate of drug-likeness (QED) is 0.140. The molecule has 2 aromatic rings. The zero-order valence-electron chi connectivity index (χ0n) is 26.9. The van der Waals surface area contributed by atoms with E-state index in [2.05, 4.69) is 16.1 Å². The van der Waals surface area contributed by atoms with E-state index in [1.165, 1.54) is 7.05 Å². The van der Waals surface area contributed by atoms with Crippen LogP contribution in [-0.4, -0.2) is 111 Å². The summed E-state index contributed by atoms with van der Waals surface area (Å²) in [5, 5.41) is 35.7. The number of ether oxygens (including phenoxy) is 1. The second kappa shape index (κ2) is 16.9. The molecule has 16 heteroatoms. The smallest absolute Gasteiger partial charge is 0.409 e. The van der Waals surface area contributed by atoms with Crippen molar-refractivity contribution in [1.29, 1.82) is 0 Å². The molecule has 0 radical (unpaired) electrons. The van der Waals surface area contributed by atoms with E-state index in [9.17, 15) is 44.1 Å². The number of benzene rings is 2. The van der Waals surface area contributed by atoms with Crippen LogP contribution in [0.5, 0.6) is 0 Å². The zero-order chi connectivity index (χ0) is 35.6. The molecule has 0 aromatic heterocycles. The molecule has 2 fully saturated rings. The first-order valence-electron chi connectivity index (χ1n) is 15.9. The van der Waals surface area contributed by atoms with E-state index in [0.29, 0.717) is 24.0 Å². The molecular weight excluding hydrogens is 642 g/mol. The van der Waals surface area contributed by atoms with E-state index >= 15 is 0 Å². The summed E-state index contributed by atoms with van der Waals surface area (Å²) < 4.78 is 5.34. The maximum atomic E-state index is 14.2. The van der Waals surface area contributed by atoms with Crippen molar-refractivity contribution in [2.24, 2.45) is 0 Å². The van der Waals surface area contributed by atoms with Crippen molar-refractivity contribution in [3.8, 4) is 0 Å². The third kappa shape index (κ3) is 9.10. The van der Waals surface area contributed by atoms with Gasteiger partial charge in [0.15, 0.2) is 6.10 Å². The number of nitrogens with one attached hydrogen (secondary N) is 3. The molecule has 49 heavy (non-hydrogen) atoms. The van der Waals surface area contributed by atoms with Crippen LogP contribution < -0.4 is 16.1 Å². The number of hydroxylamine groups is 1. The third-order valence-electron chi connectivity index (χ3n) is 8.64. The van der Waals surface area contributed by atoms with E-state index in [-0.39, 0.29) is 39.0 Å². The summed E-state index contributed by atoms with van der Waals surface area (Å²) in [6.45, 7) is -0.137. The minimum atomic E-state index is -2.42. The van der Waals surface area contributed by atoms with Crippen molar-refractivity contribution in [3.05, 3.63) is 71.8 Å². The van der Waals surface area contributed by atoms with Gasteiger partial charge in [0, 0.05) is 20.1 Å². The average molecular weight is 684 g/mol. The van der Waals surface area contributed by atoms with Gasteiger partial charge in [-0.3, -0.25) is 24.6 Å². The van der Waals surface area contributed by atoms with Crippen LogP contribution in [0.15, 0.2) is 60.7 Å². The number of aliphatic hydroxyl groups is 1. The minimum Gasteiger partial charge on any atom is -0.480 e. The van der Waals surface area contributed by atoms with Crippen LogP contribution in [0.3, 0.4) is 0 Å². The van der Waals surface area contributed by atoms with Crippen LogP contribution in [0.4, 0.5) is 4.79 Å². The number of carboxylic acids is 2. The molecule has 2 heterocycles. The van der Waals surface area contributed by atoms with Gasteiger partial charge in [-0.1, -0.05) is 60.7 Å². The largest absolute Gasteiger partial charge is 0.480 e. The van der Waals surface area contributed by atoms with Gasteiger partial charge in [0.05, 0.1) is 12.5 Å². The first-order valence-corrected chi connectivity index (χ1v) is 15.9. The highest BCUT2D eigenvalue weighted by molar-refractivity contribution is 5.92. The standard InChI is InChI=1S/C33H41N5O11/c1-34-26(39)19-33(38-17-9-15-25(38)30(44)45,35-32(47)48-20-22-12-6-3-7-13-22)31(46)49-36-23(18-21-10-4-2-5-11-21)27(40)28(41)37-16-8-14-24(37)29(42)43/h2-7,10-13,23-25,27,36,40H,8-9,14-20H2,1H3,(H,34,39)(H,35,47)(H,42,43)(H,44,45)/t23-,24-,25-,27-,33-/m0/s1. The molecule has 0 aliphatic carbocycles. The average Bonchev–Trinajstić information content (AvgIpc) is 3.80. The highest BCUT2D eigenvalue weighted by Gasteiger charge is 2.55. The molecule has 16 nitrogen and oxygen atoms in total. The Hall–Kier alpha value is -5.06. The Kier molecular flexibility index (Phi) is 12.6. The molecule has 0 saturated carbocycles. The normalized spacial score (nSPS) is 20.0. The third-order valence-corrected chi connectivity index (χ3v) is 8.64. The maximum Gasteiger partial charge on any atom is 0.409 e. The first-order chi connectivity index (χ1) is 23.5. The van der Waals surface area contributed by atoms with E-state index in [1.807, 2.05) is 0 Å². The predicted octanol–water partition coefficient (Wildman–Crippen LogP) is 0.390. The highest BCUT2D eigenvalue weighted by Crippen LogP contribution is 2.30. The second-order valence-electron chi connectivity index (χ2n) is 11.9. The van der Waals surface area contributed by atoms with Crippen molar-refractivity contribution in [2.45, 2.75) is 75.0 Å². The molecule has 2 aliphatic heterocycles. The fourth-order valence-electron chi connectivity index (χ4n) is 6.12. The van der Waals surface area contributed by atoms with Gasteiger partial charge in [0.1, 0.15) is 18.7 Å². The lowest BCUT2D eigenvalue weighted by Gasteiger charge is -2.41. The van der Waals surface area contributed by atoms with E-state index in [4.69, 9.17) is 9.57 Å². The molecule has 6 N–H and O–H groups in total. The molecular formula is C33H41N5O11. The monoisotopic (exact) mass is 683 g/mol. The number of nitrogens with zero attached hydrogens (tertiary/aromatic N) is 2. The molecule has 0 bridgehead atoms. The fraction of sp³-hybridized carbons (Fsp3) is 0.455. The summed E-state index contributed by atoms with van der Waals surface area (Å²) >= 11 is 0. The first kappa shape index (κ1) is 36.8. The Morgan fingerprint density at radius 3 is 2.08 bits per heavy atom. The number of alkyl carbamates (subject to hydrolysis) is 1. The molecule has 2 aromatic carbocycles. The van der Waals surface area contributed by atoms with Crippen LogP contribution in [0, 0.1) is 0 Å². The van der Waals surface area contributed by atoms with Gasteiger partial charge in [0.25, 0.3) is 5.91 Å². The van der Waals surface area contributed by atoms with Crippen molar-refractivity contribution >= 4 is 35.8 Å². The summed E-state index contributed by atoms with van der Waals surface area (Å²) in [4.78, 5) is 85.5. The summed E-state index contributed by atoms with van der Waals surface area (Å²) in [5.74, 6) is -5.50. The number of likely N-dealkylation sites (tertiary alicyclic amines) is 2. The van der Waals surface area contributed by atoms with Crippen LogP contribution in [0.25, 0.3) is 0 Å². The van der Waals surface area contributed by atoms with Gasteiger partial charge >= 0.3 is 24.0 Å². The molecule has 2 saturated heterocycles. The van der Waals surface area contributed by atoms with Gasteiger partial charge in [-0.15, -0.1) is 5.48 Å². The number of amides is 3. The highest BCUT2D eigenvalue weighted by atomic mass is 16.7. The lowest BCUT2D eigenvalue weighted by molar-refractivity contribution is -0.178. The van der Waals surface area contributed by atoms with Crippen molar-refractivity contribution in [1.82, 2.24) is 25.9 Å². The van der Waals surface area contributed by atoms with Crippen molar-refractivity contribution in [3.63, 3.8) is 0 Å². The Morgan fingerprint density at radius 1 is 0.878 bits per heavy atom. The van der Waals surface area contributed by atoms with Crippen molar-refractivity contribution in [2.75, 3.05) is 20.1 Å². The van der Waals surface area contributed by atoms with Crippen LogP contribution in [0.2, 0.25) is 0 Å². The summed E-state index contributed by atoms with van der Waals surface area (Å²) in [5.41, 5.74) is 1.23. The Balaban J connectivity index is 1.65. The van der Waals surface area contributed by atoms with Gasteiger partial charge < -0.3 is 35.1 Å². The fourth-order valence-corrected chi connectivity index (χ4v) is 6.12. The number of hydrogen-bond acceptors (Lipinski definition) is 11. The molecule has 0 spiro atoms. The van der Waals surface area contributed by atoms with E-state index < -0.39 is 72.1 Å². The summed E-state index contributed by atoms with van der Waals surface area (Å²) in [6, 6.07) is 13.4. The number of hydrogen-bond donors (Lipinski definition) is 6. The molecule has 5 atom stereocenters. The summed E-state index contributed by atoms with van der Waals surface area (Å²) in [6.07, 6.45) is -2.90. The van der Waals surface area contributed by atoms with Crippen molar-refractivity contribution < 1.29 is 53.7 Å². The second-order valence-corrected chi connectivity index (χ2v) is 11.9. The Bertz CT molecular complexity index is 1490. The molecule has 3 amide bonds. The molecule has 264 valence electrons. The zero-order valence-corrected chi connectivity index (χ0v) is 26.9. The maximum absolute atomic E-state index is 14.2. The van der Waals surface area contributed by atoms with Gasteiger partial charge in [0.2, 0.25) is 11.6 Å². The lowest BCUT2D eigenvalue weighted by Crippen LogP contribution is -2.70. The van der Waals surface area contributed by atoms with Crippen LogP contribution in [-0.2, 0) is 46.6 Å². The number of carboxylic acid groups (broad SMARTS) is 2. The minimum absolute atomic E-state index is 0.0257. The topological polar surface area (TPSA) is 224 Å². The van der Waals surface area contributed by atoms with Crippen LogP contribution >= 0.6 is 0 Å². The lowest BCUT2D eigenvalue weighted by atomic mass is 10.0. The van der Waals surface area contributed by atoms with Gasteiger partial charge in [-0.05, 0) is 43.2 Å². The van der Waals surface area contributed by atoms with E-state index in [1.54, 1.807) is 60.7 Å². The molecule has 2 aliphatic rings. The SMILES string of the molecule is CNC(=O)C[C@@](NC(=O)OCc1ccccc1)(C(=O)ON[C@@H](Cc1ccccc1)[C@H](O)C(=O)N1CCC[C@H]1C(=O)O)N1CCC[C@H]1C(=O)O. The summed E-state index contributed by atoms with van der Waals surface area (Å²) in [7, 11) is 1.30. The van der Waals surface area contributed by atoms with Gasteiger partial charge in [-0.2, -0.15) is 0 Å². The number of rotatable bonds is 15. The van der Waals surface area contributed by atoms with Gasteiger partial charge in [-0.25, -0.2) is 14.4 Å². The number of aliphatic carboxylic acids is 2.